The number of hydrogen-bond acceptors (Lipinski definition) is 9. The van der Waals surface area contributed by atoms with Gasteiger partial charge in [0.15, 0.2) is 5.96 Å². The van der Waals surface area contributed by atoms with Gasteiger partial charge in [0.05, 0.1) is 18.5 Å². The maximum Gasteiger partial charge on any atom is 0.437 e. The number of anilines is 1. The highest BCUT2D eigenvalue weighted by Crippen LogP contribution is 2.26. The summed E-state index contributed by atoms with van der Waals surface area (Å²) >= 11 is 0. The molecule has 0 saturated carbocycles. The summed E-state index contributed by atoms with van der Waals surface area (Å²) in [4.78, 5) is 30.7. The Morgan fingerprint density at radius 2 is 1.87 bits per heavy atom. The Balaban J connectivity index is 0.00000507. The standard InChI is InChI=1S/C22H29FN8O5S.ClH/c1-30(37(2,33)34)10-11-36-29-17-6-8-31(9-7-17)21-26-12-16(13-27-21)18-5-3-4-15(19(18)23)14-35-22(32)28-20(24)25;/h3-5,12-13H,6-11,14H2,1-2H3,(H4,24,25,28,32);1H. The number of carbonyl (C=O) groups excluding carboxylic acids is 1. The van der Waals surface area contributed by atoms with E-state index in [0.717, 1.165) is 12.0 Å². The number of ether oxygens (including phenoxy) is 1. The third-order valence-electron chi connectivity index (χ3n) is 5.48. The van der Waals surface area contributed by atoms with Gasteiger partial charge in [-0.2, -0.15) is 0 Å². The Morgan fingerprint density at radius 3 is 2.47 bits per heavy atom. The van der Waals surface area contributed by atoms with Crippen LogP contribution < -0.4 is 16.4 Å². The minimum Gasteiger partial charge on any atom is -0.443 e. The molecule has 208 valence electrons. The van der Waals surface area contributed by atoms with Crippen LogP contribution in [0, 0.1) is 5.82 Å². The number of rotatable bonds is 9. The molecule has 0 aliphatic carbocycles. The largest absolute Gasteiger partial charge is 0.443 e. The first-order chi connectivity index (χ1) is 17.5. The number of guanidine groups is 1. The van der Waals surface area contributed by atoms with Gasteiger partial charge in [-0.1, -0.05) is 23.4 Å². The van der Waals surface area contributed by atoms with E-state index in [4.69, 9.17) is 21.0 Å². The van der Waals surface area contributed by atoms with Gasteiger partial charge in [0.25, 0.3) is 0 Å². The second kappa shape index (κ2) is 13.8. The number of benzene rings is 1. The Kier molecular flexibility index (Phi) is 11.2. The number of piperidine rings is 1. The Labute approximate surface area is 226 Å². The van der Waals surface area contributed by atoms with Crippen molar-refractivity contribution >= 4 is 46.1 Å². The first kappa shape index (κ1) is 30.7. The summed E-state index contributed by atoms with van der Waals surface area (Å²) < 4.78 is 43.8. The molecule has 38 heavy (non-hydrogen) atoms. The summed E-state index contributed by atoms with van der Waals surface area (Å²) in [6.07, 6.45) is 4.46. The molecular formula is C22H30ClFN8O5S. The van der Waals surface area contributed by atoms with Crippen LogP contribution in [0.2, 0.25) is 0 Å². The van der Waals surface area contributed by atoms with Crippen molar-refractivity contribution < 1.29 is 27.2 Å². The second-order valence-electron chi connectivity index (χ2n) is 8.20. The summed E-state index contributed by atoms with van der Waals surface area (Å²) in [5, 5.41) is 4.11. The molecular weight excluding hydrogens is 543 g/mol. The Hall–Kier alpha value is -3.56. The lowest BCUT2D eigenvalue weighted by Crippen LogP contribution is -2.35. The zero-order valence-corrected chi connectivity index (χ0v) is 22.5. The second-order valence-corrected chi connectivity index (χ2v) is 10.3. The molecule has 0 atom stereocenters. The monoisotopic (exact) mass is 572 g/mol. The van der Waals surface area contributed by atoms with Gasteiger partial charge in [-0.15, -0.1) is 17.4 Å². The van der Waals surface area contributed by atoms with E-state index < -0.39 is 27.9 Å². The smallest absolute Gasteiger partial charge is 0.437 e. The highest BCUT2D eigenvalue weighted by atomic mass is 35.5. The summed E-state index contributed by atoms with van der Waals surface area (Å²) in [6.45, 7) is 1.28. The topological polar surface area (TPSA) is 179 Å². The van der Waals surface area contributed by atoms with E-state index in [-0.39, 0.29) is 43.3 Å². The molecule has 0 radical (unpaired) electrons. The number of amides is 1. The highest BCUT2D eigenvalue weighted by Gasteiger charge is 2.19. The highest BCUT2D eigenvalue weighted by molar-refractivity contribution is 7.88. The van der Waals surface area contributed by atoms with Crippen LogP contribution in [0.15, 0.2) is 40.7 Å². The van der Waals surface area contributed by atoms with Crippen molar-refractivity contribution in [2.24, 2.45) is 21.6 Å². The molecule has 2 aromatic rings. The molecule has 1 aliphatic rings. The van der Waals surface area contributed by atoms with Crippen molar-refractivity contribution in [3.05, 3.63) is 42.0 Å². The molecule has 0 unspecified atom stereocenters. The summed E-state index contributed by atoms with van der Waals surface area (Å²) in [5.74, 6) is -0.517. The van der Waals surface area contributed by atoms with E-state index >= 15 is 0 Å². The lowest BCUT2D eigenvalue weighted by molar-refractivity contribution is 0.134. The van der Waals surface area contributed by atoms with Crippen LogP contribution >= 0.6 is 12.4 Å². The quantitative estimate of drug-likeness (QED) is 0.193. The summed E-state index contributed by atoms with van der Waals surface area (Å²) in [6, 6.07) is 4.69. The van der Waals surface area contributed by atoms with E-state index in [2.05, 4.69) is 20.1 Å². The van der Waals surface area contributed by atoms with Crippen LogP contribution in [0.1, 0.15) is 18.4 Å². The average Bonchev–Trinajstić information content (AvgIpc) is 2.85. The van der Waals surface area contributed by atoms with Crippen LogP contribution in [0.5, 0.6) is 0 Å². The fraction of sp³-hybridized carbons (Fsp3) is 0.409. The molecule has 1 aliphatic heterocycles. The van der Waals surface area contributed by atoms with Crippen LogP contribution in [-0.2, 0) is 26.2 Å². The minimum absolute atomic E-state index is 0. The van der Waals surface area contributed by atoms with Crippen LogP contribution in [0.4, 0.5) is 15.1 Å². The number of oxime groups is 1. The van der Waals surface area contributed by atoms with Crippen molar-refractivity contribution in [1.29, 1.82) is 0 Å². The SMILES string of the molecule is CN(CCON=C1CCN(c2ncc(-c3cccc(COC(=O)N=C(N)N)c3F)cn2)CC1)S(C)(=O)=O.Cl. The third-order valence-corrected chi connectivity index (χ3v) is 6.80. The molecule has 0 bridgehead atoms. The van der Waals surface area contributed by atoms with Crippen molar-refractivity contribution in [2.75, 3.05) is 44.4 Å². The van der Waals surface area contributed by atoms with Crippen LogP contribution in [0.25, 0.3) is 11.1 Å². The van der Waals surface area contributed by atoms with Gasteiger partial charge < -0.3 is 25.9 Å². The fourth-order valence-corrected chi connectivity index (χ4v) is 3.75. The van der Waals surface area contributed by atoms with E-state index in [1.165, 1.54) is 29.8 Å². The first-order valence-corrected chi connectivity index (χ1v) is 13.1. The van der Waals surface area contributed by atoms with E-state index in [9.17, 15) is 17.6 Å². The number of likely N-dealkylation sites (N-methyl/N-ethyl adjacent to an activating group) is 1. The zero-order chi connectivity index (χ0) is 27.0. The summed E-state index contributed by atoms with van der Waals surface area (Å²) in [5.41, 5.74) is 12.0. The van der Waals surface area contributed by atoms with Gasteiger partial charge >= 0.3 is 6.09 Å². The molecule has 2 heterocycles. The van der Waals surface area contributed by atoms with Crippen molar-refractivity contribution in [1.82, 2.24) is 14.3 Å². The molecule has 1 aromatic carbocycles. The lowest BCUT2D eigenvalue weighted by Gasteiger charge is -2.27. The molecule has 4 N–H and O–H groups in total. The number of halogens is 2. The van der Waals surface area contributed by atoms with E-state index in [1.54, 1.807) is 12.1 Å². The predicted octanol–water partition coefficient (Wildman–Crippen LogP) is 1.48. The molecule has 3 rings (SSSR count). The maximum atomic E-state index is 15.0. The third kappa shape index (κ3) is 8.78. The Bertz CT molecular complexity index is 1260. The molecule has 16 heteroatoms. The molecule has 13 nitrogen and oxygen atoms in total. The number of carbonyl (C=O) groups is 1. The predicted molar refractivity (Wildman–Crippen MR) is 143 cm³/mol. The average molecular weight is 573 g/mol. The van der Waals surface area contributed by atoms with E-state index in [1.807, 2.05) is 4.90 Å². The first-order valence-electron chi connectivity index (χ1n) is 11.2. The number of nitrogens with zero attached hydrogens (tertiary/aromatic N) is 6. The van der Waals surface area contributed by atoms with Gasteiger partial charge in [0.1, 0.15) is 19.0 Å². The van der Waals surface area contributed by atoms with Crippen molar-refractivity contribution in [3.8, 4) is 11.1 Å². The van der Waals surface area contributed by atoms with Gasteiger partial charge in [-0.05, 0) is 0 Å². The van der Waals surface area contributed by atoms with Gasteiger partial charge in [0, 0.05) is 62.1 Å². The molecule has 1 aromatic heterocycles. The van der Waals surface area contributed by atoms with Crippen molar-refractivity contribution in [2.45, 2.75) is 19.4 Å². The zero-order valence-electron chi connectivity index (χ0n) is 20.9. The van der Waals surface area contributed by atoms with Gasteiger partial charge in [0.2, 0.25) is 16.0 Å². The molecule has 1 fully saturated rings. The Morgan fingerprint density at radius 1 is 1.21 bits per heavy atom. The van der Waals surface area contributed by atoms with Crippen LogP contribution in [-0.4, -0.2) is 80.0 Å². The normalized spacial score (nSPS) is 13.5. The summed E-state index contributed by atoms with van der Waals surface area (Å²) in [7, 11) is -1.77. The molecule has 1 amide bonds. The number of hydrogen-bond donors (Lipinski definition) is 2. The van der Waals surface area contributed by atoms with E-state index in [0.29, 0.717) is 37.4 Å². The maximum absolute atomic E-state index is 15.0. The van der Waals surface area contributed by atoms with Gasteiger partial charge in [-0.25, -0.2) is 31.9 Å². The molecule has 1 saturated heterocycles. The number of nitrogens with two attached hydrogens (primary N) is 2. The van der Waals surface area contributed by atoms with Crippen LogP contribution in [0.3, 0.4) is 0 Å². The number of sulfonamides is 1. The fourth-order valence-electron chi connectivity index (χ4n) is 3.34. The lowest BCUT2D eigenvalue weighted by atomic mass is 10.1. The van der Waals surface area contributed by atoms with Crippen molar-refractivity contribution in [3.63, 3.8) is 0 Å². The van der Waals surface area contributed by atoms with Gasteiger partial charge in [-0.3, -0.25) is 0 Å². The minimum atomic E-state index is -3.25. The number of aliphatic imine (C=N–C) groups is 1. The molecule has 0 spiro atoms. The number of aromatic nitrogens is 2.